The van der Waals surface area contributed by atoms with Gasteiger partial charge < -0.3 is 5.32 Å². The number of pyridine rings is 1. The minimum absolute atomic E-state index is 0.155. The van der Waals surface area contributed by atoms with Crippen LogP contribution in [-0.2, 0) is 0 Å². The molecule has 0 bridgehead atoms. The van der Waals surface area contributed by atoms with Crippen LogP contribution in [0, 0.1) is 0 Å². The molecule has 13 heavy (non-hydrogen) atoms. The fraction of sp³-hybridized carbons (Fsp3) is 0.545. The van der Waals surface area contributed by atoms with Crippen molar-refractivity contribution in [1.29, 1.82) is 0 Å². The Labute approximate surface area is 80.4 Å². The Hall–Kier alpha value is -0.890. The second-order valence-corrected chi connectivity index (χ2v) is 4.40. The Morgan fingerprint density at radius 2 is 1.77 bits per heavy atom. The predicted molar refractivity (Wildman–Crippen MR) is 55.5 cm³/mol. The standard InChI is InChI=1S/C11H18N2/c1-9(13-11(2,3)4)10-5-7-12-8-6-10/h5-9,13H,1-4H3/t9-/m0/s1. The number of hydrogen-bond acceptors (Lipinski definition) is 2. The number of rotatable bonds is 2. The van der Waals surface area contributed by atoms with Crippen molar-refractivity contribution in [3.05, 3.63) is 30.1 Å². The minimum atomic E-state index is 0.155. The Bertz CT molecular complexity index is 249. The molecule has 0 amide bonds. The maximum atomic E-state index is 4.00. The molecule has 0 unspecified atom stereocenters. The largest absolute Gasteiger partial charge is 0.306 e. The molecular weight excluding hydrogens is 160 g/mol. The lowest BCUT2D eigenvalue weighted by atomic mass is 10.0. The summed E-state index contributed by atoms with van der Waals surface area (Å²) >= 11 is 0. The van der Waals surface area contributed by atoms with Gasteiger partial charge in [-0.05, 0) is 45.4 Å². The van der Waals surface area contributed by atoms with Crippen LogP contribution in [0.5, 0.6) is 0 Å². The molecule has 1 rings (SSSR count). The van der Waals surface area contributed by atoms with E-state index in [1.165, 1.54) is 5.56 Å². The summed E-state index contributed by atoms with van der Waals surface area (Å²) < 4.78 is 0. The summed E-state index contributed by atoms with van der Waals surface area (Å²) in [6, 6.07) is 4.47. The second kappa shape index (κ2) is 3.88. The van der Waals surface area contributed by atoms with Crippen LogP contribution in [0.3, 0.4) is 0 Å². The van der Waals surface area contributed by atoms with Crippen molar-refractivity contribution in [2.75, 3.05) is 0 Å². The lowest BCUT2D eigenvalue weighted by molar-refractivity contribution is 0.378. The van der Waals surface area contributed by atoms with Crippen LogP contribution in [0.1, 0.15) is 39.3 Å². The van der Waals surface area contributed by atoms with E-state index in [1.807, 2.05) is 24.5 Å². The average molecular weight is 178 g/mol. The van der Waals surface area contributed by atoms with Gasteiger partial charge in [-0.1, -0.05) is 0 Å². The molecule has 0 aliphatic carbocycles. The third kappa shape index (κ3) is 3.55. The fourth-order valence-electron chi connectivity index (χ4n) is 1.38. The second-order valence-electron chi connectivity index (χ2n) is 4.40. The van der Waals surface area contributed by atoms with Crippen LogP contribution in [0.4, 0.5) is 0 Å². The van der Waals surface area contributed by atoms with Gasteiger partial charge in [-0.2, -0.15) is 0 Å². The molecule has 1 heterocycles. The highest BCUT2D eigenvalue weighted by Gasteiger charge is 2.14. The van der Waals surface area contributed by atoms with Crippen LogP contribution >= 0.6 is 0 Å². The zero-order valence-electron chi connectivity index (χ0n) is 8.83. The molecule has 1 atom stereocenters. The first-order valence-corrected chi connectivity index (χ1v) is 4.67. The Morgan fingerprint density at radius 1 is 1.23 bits per heavy atom. The minimum Gasteiger partial charge on any atom is -0.306 e. The molecule has 0 aliphatic rings. The maximum Gasteiger partial charge on any atom is 0.0297 e. The molecule has 1 aromatic rings. The Balaban J connectivity index is 2.64. The van der Waals surface area contributed by atoms with Crippen molar-refractivity contribution < 1.29 is 0 Å². The van der Waals surface area contributed by atoms with Gasteiger partial charge in [0.1, 0.15) is 0 Å². The molecule has 2 nitrogen and oxygen atoms in total. The summed E-state index contributed by atoms with van der Waals surface area (Å²) in [6.45, 7) is 8.68. The molecule has 0 saturated carbocycles. The number of hydrogen-bond donors (Lipinski definition) is 1. The first kappa shape index (κ1) is 10.2. The Morgan fingerprint density at radius 3 is 2.23 bits per heavy atom. The topological polar surface area (TPSA) is 24.9 Å². The lowest BCUT2D eigenvalue weighted by Gasteiger charge is -2.26. The van der Waals surface area contributed by atoms with Crippen molar-refractivity contribution in [3.8, 4) is 0 Å². The number of nitrogens with one attached hydrogen (secondary N) is 1. The Kier molecular flexibility index (Phi) is 3.04. The molecule has 0 radical (unpaired) electrons. The normalized spacial score (nSPS) is 14.2. The summed E-state index contributed by atoms with van der Waals surface area (Å²) in [4.78, 5) is 4.00. The van der Waals surface area contributed by atoms with Crippen LogP contribution in [0.25, 0.3) is 0 Å². The fourth-order valence-corrected chi connectivity index (χ4v) is 1.38. The average Bonchev–Trinajstić information content (AvgIpc) is 2.03. The van der Waals surface area contributed by atoms with Gasteiger partial charge in [-0.15, -0.1) is 0 Å². The molecule has 0 saturated heterocycles. The van der Waals surface area contributed by atoms with Crippen LogP contribution in [0.15, 0.2) is 24.5 Å². The lowest BCUT2D eigenvalue weighted by Crippen LogP contribution is -2.37. The smallest absolute Gasteiger partial charge is 0.0297 e. The molecular formula is C11H18N2. The number of nitrogens with zero attached hydrogens (tertiary/aromatic N) is 1. The van der Waals surface area contributed by atoms with Gasteiger partial charge in [0.05, 0.1) is 0 Å². The summed E-state index contributed by atoms with van der Waals surface area (Å²) in [6.07, 6.45) is 3.66. The van der Waals surface area contributed by atoms with Gasteiger partial charge in [-0.3, -0.25) is 4.98 Å². The maximum absolute atomic E-state index is 4.00. The highest BCUT2D eigenvalue weighted by Crippen LogP contribution is 2.14. The van der Waals surface area contributed by atoms with E-state index in [-0.39, 0.29) is 5.54 Å². The third-order valence-corrected chi connectivity index (χ3v) is 1.86. The molecule has 0 fully saturated rings. The first-order valence-electron chi connectivity index (χ1n) is 4.67. The summed E-state index contributed by atoms with van der Waals surface area (Å²) in [5.41, 5.74) is 1.44. The SMILES string of the molecule is C[C@H](NC(C)(C)C)c1ccncc1. The molecule has 0 aromatic carbocycles. The quantitative estimate of drug-likeness (QED) is 0.752. The van der Waals surface area contributed by atoms with Gasteiger partial charge in [0.25, 0.3) is 0 Å². The van der Waals surface area contributed by atoms with Crippen LogP contribution in [-0.4, -0.2) is 10.5 Å². The molecule has 72 valence electrons. The third-order valence-electron chi connectivity index (χ3n) is 1.86. The predicted octanol–water partition coefficient (Wildman–Crippen LogP) is 2.53. The van der Waals surface area contributed by atoms with Crippen molar-refractivity contribution in [2.45, 2.75) is 39.3 Å². The van der Waals surface area contributed by atoms with E-state index in [1.54, 1.807) is 0 Å². The van der Waals surface area contributed by atoms with Crippen molar-refractivity contribution in [2.24, 2.45) is 0 Å². The first-order chi connectivity index (χ1) is 5.99. The van der Waals surface area contributed by atoms with E-state index < -0.39 is 0 Å². The highest BCUT2D eigenvalue weighted by atomic mass is 15.0. The van der Waals surface area contributed by atoms with Crippen molar-refractivity contribution >= 4 is 0 Å². The zero-order valence-corrected chi connectivity index (χ0v) is 8.83. The molecule has 1 aromatic heterocycles. The van der Waals surface area contributed by atoms with E-state index in [0.29, 0.717) is 6.04 Å². The van der Waals surface area contributed by atoms with E-state index in [4.69, 9.17) is 0 Å². The van der Waals surface area contributed by atoms with Crippen molar-refractivity contribution in [3.63, 3.8) is 0 Å². The van der Waals surface area contributed by atoms with Gasteiger partial charge in [0.15, 0.2) is 0 Å². The summed E-state index contributed by atoms with van der Waals surface area (Å²) in [7, 11) is 0. The van der Waals surface area contributed by atoms with E-state index >= 15 is 0 Å². The van der Waals surface area contributed by atoms with Crippen LogP contribution < -0.4 is 5.32 Å². The van der Waals surface area contributed by atoms with Gasteiger partial charge >= 0.3 is 0 Å². The monoisotopic (exact) mass is 178 g/mol. The number of aromatic nitrogens is 1. The molecule has 0 aliphatic heterocycles. The van der Waals surface area contributed by atoms with Gasteiger partial charge in [-0.25, -0.2) is 0 Å². The summed E-state index contributed by atoms with van der Waals surface area (Å²) in [5.74, 6) is 0. The molecule has 0 spiro atoms. The highest BCUT2D eigenvalue weighted by molar-refractivity contribution is 5.14. The molecule has 1 N–H and O–H groups in total. The zero-order chi connectivity index (χ0) is 9.90. The van der Waals surface area contributed by atoms with Crippen LogP contribution in [0.2, 0.25) is 0 Å². The van der Waals surface area contributed by atoms with Crippen molar-refractivity contribution in [1.82, 2.24) is 10.3 Å². The van der Waals surface area contributed by atoms with E-state index in [9.17, 15) is 0 Å². The van der Waals surface area contributed by atoms with E-state index in [0.717, 1.165) is 0 Å². The van der Waals surface area contributed by atoms with Gasteiger partial charge in [0.2, 0.25) is 0 Å². The molecule has 2 heteroatoms. The summed E-state index contributed by atoms with van der Waals surface area (Å²) in [5, 5.41) is 3.51. The van der Waals surface area contributed by atoms with Gasteiger partial charge in [0, 0.05) is 24.0 Å². The van der Waals surface area contributed by atoms with E-state index in [2.05, 4.69) is 38.0 Å².